The minimum atomic E-state index is 0.534. The molecule has 1 fully saturated rings. The van der Waals surface area contributed by atoms with Gasteiger partial charge < -0.3 is 5.43 Å². The summed E-state index contributed by atoms with van der Waals surface area (Å²) in [6, 6.07) is 13.5. The minimum absolute atomic E-state index is 0.534. The molecule has 0 amide bonds. The highest BCUT2D eigenvalue weighted by Crippen LogP contribution is 2.25. The zero-order valence-corrected chi connectivity index (χ0v) is 16.1. The summed E-state index contributed by atoms with van der Waals surface area (Å²) in [6.45, 7) is 8.72. The zero-order chi connectivity index (χ0) is 17.8. The van der Waals surface area contributed by atoms with Crippen LogP contribution in [0.15, 0.2) is 49.0 Å². The van der Waals surface area contributed by atoms with Crippen molar-refractivity contribution in [3.05, 3.63) is 75.2 Å². The number of hydrazine groups is 1. The summed E-state index contributed by atoms with van der Waals surface area (Å²) in [5.41, 5.74) is 6.29. The molecule has 2 aromatic rings. The first kappa shape index (κ1) is 18.6. The Morgan fingerprint density at radius 3 is 2.32 bits per heavy atom. The first-order valence-corrected chi connectivity index (χ1v) is 9.28. The van der Waals surface area contributed by atoms with Gasteiger partial charge in [-0.15, -0.1) is 0 Å². The first-order valence-electron chi connectivity index (χ1n) is 8.14. The molecule has 0 spiro atoms. The van der Waals surface area contributed by atoms with Gasteiger partial charge >= 0.3 is 0 Å². The van der Waals surface area contributed by atoms with E-state index in [0.717, 1.165) is 49.0 Å². The molecule has 0 atom stereocenters. The van der Waals surface area contributed by atoms with E-state index in [1.54, 1.807) is 6.07 Å². The molecule has 1 heterocycles. The third-order valence-electron chi connectivity index (χ3n) is 4.29. The molecular formula is C19H20Cl3N3. The lowest BCUT2D eigenvalue weighted by Crippen LogP contribution is -2.50. The number of benzene rings is 2. The Labute approximate surface area is 163 Å². The van der Waals surface area contributed by atoms with Gasteiger partial charge in [-0.05, 0) is 29.3 Å². The molecular weight excluding hydrogens is 377 g/mol. The fraction of sp³-hybridized carbons (Fsp3) is 0.263. The van der Waals surface area contributed by atoms with Gasteiger partial charge in [-0.25, -0.2) is 5.01 Å². The SMILES string of the molecule is C=C(NN1CCN(Cc2ccccc2Cl)CC1)c1ccc(Cl)c(Cl)c1. The lowest BCUT2D eigenvalue weighted by molar-refractivity contribution is 0.104. The van der Waals surface area contributed by atoms with Crippen molar-refractivity contribution in [2.75, 3.05) is 26.2 Å². The maximum absolute atomic E-state index is 6.25. The Hall–Kier alpha value is -1.23. The number of hydrogen-bond donors (Lipinski definition) is 1. The van der Waals surface area contributed by atoms with Gasteiger partial charge in [-0.2, -0.15) is 0 Å². The molecule has 1 aliphatic rings. The molecule has 0 radical (unpaired) electrons. The quantitative estimate of drug-likeness (QED) is 0.772. The Balaban J connectivity index is 1.51. The maximum atomic E-state index is 6.25. The second-order valence-corrected chi connectivity index (χ2v) is 7.30. The Kier molecular flexibility index (Phi) is 6.26. The van der Waals surface area contributed by atoms with Gasteiger partial charge in [0.05, 0.1) is 10.0 Å². The molecule has 132 valence electrons. The second-order valence-electron chi connectivity index (χ2n) is 6.07. The van der Waals surface area contributed by atoms with Crippen LogP contribution >= 0.6 is 34.8 Å². The number of rotatable bonds is 5. The van der Waals surface area contributed by atoms with Crippen LogP contribution in [0.4, 0.5) is 0 Å². The maximum Gasteiger partial charge on any atom is 0.0599 e. The molecule has 0 saturated carbocycles. The molecule has 1 aliphatic heterocycles. The summed E-state index contributed by atoms with van der Waals surface area (Å²) in [6.07, 6.45) is 0. The molecule has 25 heavy (non-hydrogen) atoms. The summed E-state index contributed by atoms with van der Waals surface area (Å²) >= 11 is 18.3. The molecule has 0 unspecified atom stereocenters. The molecule has 0 aliphatic carbocycles. The van der Waals surface area contributed by atoms with E-state index in [4.69, 9.17) is 34.8 Å². The van der Waals surface area contributed by atoms with Gasteiger partial charge in [0, 0.05) is 43.4 Å². The van der Waals surface area contributed by atoms with Gasteiger partial charge in [-0.1, -0.05) is 65.6 Å². The fourth-order valence-electron chi connectivity index (χ4n) is 2.82. The van der Waals surface area contributed by atoms with E-state index in [9.17, 15) is 0 Å². The molecule has 1 N–H and O–H groups in total. The van der Waals surface area contributed by atoms with Crippen LogP contribution in [0.3, 0.4) is 0 Å². The Morgan fingerprint density at radius 1 is 0.920 bits per heavy atom. The van der Waals surface area contributed by atoms with Gasteiger partial charge in [-0.3, -0.25) is 4.90 Å². The first-order chi connectivity index (χ1) is 12.0. The summed E-state index contributed by atoms with van der Waals surface area (Å²) in [5, 5.41) is 4.09. The van der Waals surface area contributed by atoms with E-state index in [-0.39, 0.29) is 0 Å². The van der Waals surface area contributed by atoms with Gasteiger partial charge in [0.25, 0.3) is 0 Å². The highest BCUT2D eigenvalue weighted by Gasteiger charge is 2.18. The highest BCUT2D eigenvalue weighted by molar-refractivity contribution is 6.42. The summed E-state index contributed by atoms with van der Waals surface area (Å²) in [7, 11) is 0. The smallest absolute Gasteiger partial charge is 0.0599 e. The molecule has 0 bridgehead atoms. The monoisotopic (exact) mass is 395 g/mol. The van der Waals surface area contributed by atoms with Crippen molar-refractivity contribution in [2.24, 2.45) is 0 Å². The van der Waals surface area contributed by atoms with E-state index >= 15 is 0 Å². The predicted octanol–water partition coefficient (Wildman–Crippen LogP) is 4.94. The number of halogens is 3. The molecule has 0 aromatic heterocycles. The van der Waals surface area contributed by atoms with Crippen LogP contribution in [0.2, 0.25) is 15.1 Å². The van der Waals surface area contributed by atoms with Crippen LogP contribution in [0.25, 0.3) is 5.70 Å². The minimum Gasteiger partial charge on any atom is -0.319 e. The standard InChI is InChI=1S/C19H20Cl3N3/c1-14(15-6-7-18(21)19(22)12-15)23-25-10-8-24(9-11-25)13-16-4-2-3-5-17(16)20/h2-7,12,23H,1,8-11,13H2. The third-order valence-corrected chi connectivity index (χ3v) is 5.39. The van der Waals surface area contributed by atoms with Crippen molar-refractivity contribution in [2.45, 2.75) is 6.54 Å². The van der Waals surface area contributed by atoms with Crippen LogP contribution in [-0.2, 0) is 6.54 Å². The summed E-state index contributed by atoms with van der Waals surface area (Å²) < 4.78 is 0. The van der Waals surface area contributed by atoms with Crippen molar-refractivity contribution in [1.29, 1.82) is 0 Å². The van der Waals surface area contributed by atoms with Crippen LogP contribution in [0.1, 0.15) is 11.1 Å². The topological polar surface area (TPSA) is 18.5 Å². The molecule has 1 saturated heterocycles. The van der Waals surface area contributed by atoms with Crippen LogP contribution in [-0.4, -0.2) is 36.1 Å². The van der Waals surface area contributed by atoms with Crippen molar-refractivity contribution < 1.29 is 0 Å². The normalized spacial score (nSPS) is 16.0. The molecule has 3 rings (SSSR count). The third kappa shape index (κ3) is 4.90. The van der Waals surface area contributed by atoms with Crippen molar-refractivity contribution in [3.63, 3.8) is 0 Å². The fourth-order valence-corrected chi connectivity index (χ4v) is 3.32. The number of nitrogens with zero attached hydrogens (tertiary/aromatic N) is 2. The van der Waals surface area contributed by atoms with Gasteiger partial charge in [0.2, 0.25) is 0 Å². The van der Waals surface area contributed by atoms with Crippen LogP contribution in [0.5, 0.6) is 0 Å². The van der Waals surface area contributed by atoms with Crippen molar-refractivity contribution in [1.82, 2.24) is 15.3 Å². The van der Waals surface area contributed by atoms with E-state index < -0.39 is 0 Å². The van der Waals surface area contributed by atoms with E-state index in [2.05, 4.69) is 28.0 Å². The summed E-state index contributed by atoms with van der Waals surface area (Å²) in [4.78, 5) is 2.40. The number of nitrogens with one attached hydrogen (secondary N) is 1. The Morgan fingerprint density at radius 2 is 1.64 bits per heavy atom. The number of hydrogen-bond acceptors (Lipinski definition) is 3. The molecule has 2 aromatic carbocycles. The predicted molar refractivity (Wildman–Crippen MR) is 107 cm³/mol. The van der Waals surface area contributed by atoms with Crippen LogP contribution in [0, 0.1) is 0 Å². The Bertz CT molecular complexity index is 755. The van der Waals surface area contributed by atoms with Gasteiger partial charge in [0.15, 0.2) is 0 Å². The second kappa shape index (κ2) is 8.43. The number of piperazine rings is 1. The zero-order valence-electron chi connectivity index (χ0n) is 13.8. The molecule has 3 nitrogen and oxygen atoms in total. The lowest BCUT2D eigenvalue weighted by atomic mass is 10.2. The van der Waals surface area contributed by atoms with Crippen molar-refractivity contribution in [3.8, 4) is 0 Å². The van der Waals surface area contributed by atoms with Crippen molar-refractivity contribution >= 4 is 40.5 Å². The average molecular weight is 397 g/mol. The van der Waals surface area contributed by atoms with Crippen LogP contribution < -0.4 is 5.43 Å². The average Bonchev–Trinajstić information content (AvgIpc) is 2.61. The largest absolute Gasteiger partial charge is 0.319 e. The van der Waals surface area contributed by atoms with E-state index in [1.165, 1.54) is 5.56 Å². The highest BCUT2D eigenvalue weighted by atomic mass is 35.5. The van der Waals surface area contributed by atoms with E-state index in [0.29, 0.717) is 10.0 Å². The molecule has 6 heteroatoms. The summed E-state index contributed by atoms with van der Waals surface area (Å²) in [5.74, 6) is 0. The lowest BCUT2D eigenvalue weighted by Gasteiger charge is -2.35. The van der Waals surface area contributed by atoms with E-state index in [1.807, 2.05) is 30.3 Å². The van der Waals surface area contributed by atoms with Gasteiger partial charge in [0.1, 0.15) is 0 Å².